The summed E-state index contributed by atoms with van der Waals surface area (Å²) >= 11 is 9.26. The summed E-state index contributed by atoms with van der Waals surface area (Å²) in [4.78, 5) is 0.0224. The first-order chi connectivity index (χ1) is 10.9. The monoisotopic (exact) mass is 419 g/mol. The zero-order chi connectivity index (χ0) is 16.4. The van der Waals surface area contributed by atoms with Gasteiger partial charge in [0.05, 0.1) is 29.6 Å². The number of hydrogen-bond acceptors (Lipinski definition) is 4. The standard InChI is InChI=1S/C14H15BrClN3O3S/c15-10-3-4-14(13(16)6-10)23(20,21)18-11-7-17-19(8-11)9-12-2-1-5-22-12/h3-4,6-8,12,18H,1-2,5,9H2. The summed E-state index contributed by atoms with van der Waals surface area (Å²) in [6, 6.07) is 4.61. The van der Waals surface area contributed by atoms with Crippen molar-refractivity contribution in [2.45, 2.75) is 30.4 Å². The predicted molar refractivity (Wildman–Crippen MR) is 91.2 cm³/mol. The molecule has 0 radical (unpaired) electrons. The molecule has 2 aromatic rings. The van der Waals surface area contributed by atoms with Crippen LogP contribution in [0.4, 0.5) is 5.69 Å². The third kappa shape index (κ3) is 4.06. The van der Waals surface area contributed by atoms with Crippen molar-refractivity contribution in [1.29, 1.82) is 0 Å². The molecule has 1 aromatic carbocycles. The summed E-state index contributed by atoms with van der Waals surface area (Å²) in [5.41, 5.74) is 0.391. The van der Waals surface area contributed by atoms with Crippen molar-refractivity contribution in [3.05, 3.63) is 40.1 Å². The van der Waals surface area contributed by atoms with Gasteiger partial charge in [0.15, 0.2) is 0 Å². The number of sulfonamides is 1. The third-order valence-corrected chi connectivity index (χ3v) is 5.84. The van der Waals surface area contributed by atoms with E-state index in [1.807, 2.05) is 0 Å². The molecule has 3 rings (SSSR count). The van der Waals surface area contributed by atoms with Gasteiger partial charge in [0.25, 0.3) is 10.0 Å². The van der Waals surface area contributed by atoms with Crippen LogP contribution in [-0.4, -0.2) is 30.9 Å². The van der Waals surface area contributed by atoms with Crippen LogP contribution in [0.1, 0.15) is 12.8 Å². The number of rotatable bonds is 5. The fraction of sp³-hybridized carbons (Fsp3) is 0.357. The average Bonchev–Trinajstić information content (AvgIpc) is 3.10. The molecule has 1 unspecified atom stereocenters. The van der Waals surface area contributed by atoms with Crippen molar-refractivity contribution in [2.75, 3.05) is 11.3 Å². The molecule has 1 aliphatic heterocycles. The first kappa shape index (κ1) is 16.8. The van der Waals surface area contributed by atoms with E-state index in [0.29, 0.717) is 16.7 Å². The van der Waals surface area contributed by atoms with Gasteiger partial charge in [0, 0.05) is 17.3 Å². The smallest absolute Gasteiger partial charge is 0.263 e. The maximum Gasteiger partial charge on any atom is 0.263 e. The zero-order valence-electron chi connectivity index (χ0n) is 12.1. The van der Waals surface area contributed by atoms with Crippen LogP contribution in [0, 0.1) is 0 Å². The Bertz CT molecular complexity index is 803. The Morgan fingerprint density at radius 2 is 2.30 bits per heavy atom. The van der Waals surface area contributed by atoms with Crippen molar-refractivity contribution in [3.8, 4) is 0 Å². The molecular weight excluding hydrogens is 406 g/mol. The summed E-state index contributed by atoms with van der Waals surface area (Å²) in [6.45, 7) is 1.38. The quantitative estimate of drug-likeness (QED) is 0.805. The second-order valence-electron chi connectivity index (χ2n) is 5.27. The molecule has 1 saturated heterocycles. The number of anilines is 1. The van der Waals surface area contributed by atoms with E-state index in [1.54, 1.807) is 16.9 Å². The van der Waals surface area contributed by atoms with E-state index in [4.69, 9.17) is 16.3 Å². The zero-order valence-corrected chi connectivity index (χ0v) is 15.2. The molecule has 1 aromatic heterocycles. The Labute approximate surface area is 148 Å². The second kappa shape index (κ2) is 6.80. The molecule has 1 aliphatic rings. The van der Waals surface area contributed by atoms with Crippen molar-refractivity contribution >= 4 is 43.2 Å². The lowest BCUT2D eigenvalue weighted by Crippen LogP contribution is -2.15. The van der Waals surface area contributed by atoms with E-state index in [9.17, 15) is 8.42 Å². The maximum absolute atomic E-state index is 12.4. The maximum atomic E-state index is 12.4. The molecule has 9 heteroatoms. The minimum Gasteiger partial charge on any atom is -0.376 e. The van der Waals surface area contributed by atoms with E-state index in [1.165, 1.54) is 18.3 Å². The summed E-state index contributed by atoms with van der Waals surface area (Å²) in [6.07, 6.45) is 5.30. The Morgan fingerprint density at radius 3 is 3.00 bits per heavy atom. The molecule has 0 bridgehead atoms. The Balaban J connectivity index is 1.74. The van der Waals surface area contributed by atoms with Crippen LogP contribution in [0.25, 0.3) is 0 Å². The molecule has 0 saturated carbocycles. The highest BCUT2D eigenvalue weighted by Crippen LogP contribution is 2.27. The third-order valence-electron chi connectivity index (χ3n) is 3.48. The molecule has 1 atom stereocenters. The predicted octanol–water partition coefficient (Wildman–Crippen LogP) is 3.28. The lowest BCUT2D eigenvalue weighted by atomic mass is 10.2. The van der Waals surface area contributed by atoms with Crippen LogP contribution in [0.3, 0.4) is 0 Å². The lowest BCUT2D eigenvalue weighted by molar-refractivity contribution is 0.0940. The molecular formula is C14H15BrClN3O3S. The van der Waals surface area contributed by atoms with Gasteiger partial charge in [-0.05, 0) is 31.0 Å². The van der Waals surface area contributed by atoms with Crippen molar-refractivity contribution < 1.29 is 13.2 Å². The van der Waals surface area contributed by atoms with Crippen LogP contribution in [0.15, 0.2) is 40.0 Å². The highest BCUT2D eigenvalue weighted by Gasteiger charge is 2.20. The fourth-order valence-corrected chi connectivity index (χ4v) is 4.48. The number of nitrogens with one attached hydrogen (secondary N) is 1. The second-order valence-corrected chi connectivity index (χ2v) is 8.24. The number of ether oxygens (including phenoxy) is 1. The Kier molecular flexibility index (Phi) is 4.96. The number of aromatic nitrogens is 2. The van der Waals surface area contributed by atoms with Crippen LogP contribution in [0.5, 0.6) is 0 Å². The van der Waals surface area contributed by atoms with E-state index in [-0.39, 0.29) is 16.0 Å². The molecule has 6 nitrogen and oxygen atoms in total. The highest BCUT2D eigenvalue weighted by atomic mass is 79.9. The van der Waals surface area contributed by atoms with Gasteiger partial charge in [-0.1, -0.05) is 27.5 Å². The molecule has 0 amide bonds. The van der Waals surface area contributed by atoms with Crippen LogP contribution in [-0.2, 0) is 21.3 Å². The van der Waals surface area contributed by atoms with Gasteiger partial charge in [-0.2, -0.15) is 5.10 Å². The van der Waals surface area contributed by atoms with E-state index < -0.39 is 10.0 Å². The van der Waals surface area contributed by atoms with Gasteiger partial charge in [0.1, 0.15) is 4.90 Å². The van der Waals surface area contributed by atoms with Gasteiger partial charge < -0.3 is 4.74 Å². The summed E-state index contributed by atoms with van der Waals surface area (Å²) in [5, 5.41) is 4.31. The summed E-state index contributed by atoms with van der Waals surface area (Å²) in [5.74, 6) is 0. The van der Waals surface area contributed by atoms with Crippen LogP contribution >= 0.6 is 27.5 Å². The lowest BCUT2D eigenvalue weighted by Gasteiger charge is -2.09. The van der Waals surface area contributed by atoms with Crippen molar-refractivity contribution in [1.82, 2.24) is 9.78 Å². The number of halogens is 2. The average molecular weight is 421 g/mol. The first-order valence-electron chi connectivity index (χ1n) is 7.06. The highest BCUT2D eigenvalue weighted by molar-refractivity contribution is 9.10. The minimum atomic E-state index is -3.76. The van der Waals surface area contributed by atoms with Gasteiger partial charge in [-0.15, -0.1) is 0 Å². The molecule has 0 aliphatic carbocycles. The van der Waals surface area contributed by atoms with Gasteiger partial charge >= 0.3 is 0 Å². The fourth-order valence-electron chi connectivity index (χ4n) is 2.42. The molecule has 124 valence electrons. The Morgan fingerprint density at radius 1 is 1.48 bits per heavy atom. The van der Waals surface area contributed by atoms with Crippen LogP contribution in [0.2, 0.25) is 5.02 Å². The summed E-state index contributed by atoms with van der Waals surface area (Å²) < 4.78 is 35.3. The molecule has 2 heterocycles. The van der Waals surface area contributed by atoms with E-state index >= 15 is 0 Å². The van der Waals surface area contributed by atoms with Crippen molar-refractivity contribution in [3.63, 3.8) is 0 Å². The molecule has 1 N–H and O–H groups in total. The van der Waals surface area contributed by atoms with Crippen molar-refractivity contribution in [2.24, 2.45) is 0 Å². The minimum absolute atomic E-state index is 0.0224. The molecule has 1 fully saturated rings. The van der Waals surface area contributed by atoms with Gasteiger partial charge in [-0.3, -0.25) is 9.40 Å². The first-order valence-corrected chi connectivity index (χ1v) is 9.71. The number of benzene rings is 1. The van der Waals surface area contributed by atoms with E-state index in [0.717, 1.165) is 19.4 Å². The Hall–Kier alpha value is -1.09. The summed E-state index contributed by atoms with van der Waals surface area (Å²) in [7, 11) is -3.76. The molecule has 0 spiro atoms. The molecule has 23 heavy (non-hydrogen) atoms. The van der Waals surface area contributed by atoms with E-state index in [2.05, 4.69) is 25.8 Å². The normalized spacial score (nSPS) is 18.3. The van der Waals surface area contributed by atoms with Crippen LogP contribution < -0.4 is 4.72 Å². The number of hydrogen-bond donors (Lipinski definition) is 1. The topological polar surface area (TPSA) is 73.2 Å². The van der Waals surface area contributed by atoms with Gasteiger partial charge in [0.2, 0.25) is 0 Å². The number of nitrogens with zero attached hydrogens (tertiary/aromatic N) is 2. The van der Waals surface area contributed by atoms with Gasteiger partial charge in [-0.25, -0.2) is 8.42 Å². The largest absolute Gasteiger partial charge is 0.376 e. The SMILES string of the molecule is O=S(=O)(Nc1cnn(CC2CCCO2)c1)c1ccc(Br)cc1Cl.